The second-order valence-electron chi connectivity index (χ2n) is 5.35. The van der Waals surface area contributed by atoms with E-state index < -0.39 is 5.97 Å². The molecule has 2 heterocycles. The zero-order valence-corrected chi connectivity index (χ0v) is 13.2. The van der Waals surface area contributed by atoms with E-state index in [4.69, 9.17) is 9.47 Å². The minimum atomic E-state index is -0.558. The molecule has 0 aliphatic carbocycles. The lowest BCUT2D eigenvalue weighted by atomic mass is 10.2. The van der Waals surface area contributed by atoms with Crippen molar-refractivity contribution in [3.63, 3.8) is 0 Å². The predicted molar refractivity (Wildman–Crippen MR) is 89.2 cm³/mol. The van der Waals surface area contributed by atoms with E-state index in [1.165, 1.54) is 0 Å². The van der Waals surface area contributed by atoms with Crippen molar-refractivity contribution in [1.82, 2.24) is 4.98 Å². The highest BCUT2D eigenvalue weighted by Gasteiger charge is 2.12. The number of anilines is 2. The van der Waals surface area contributed by atoms with Crippen molar-refractivity contribution in [1.29, 1.82) is 0 Å². The van der Waals surface area contributed by atoms with E-state index in [0.717, 1.165) is 32.0 Å². The summed E-state index contributed by atoms with van der Waals surface area (Å²) < 4.78 is 10.3. The highest BCUT2D eigenvalue weighted by atomic mass is 16.5. The molecule has 2 N–H and O–H groups in total. The SMILES string of the molecule is O=C(COC(=O)c1ccc[nH]1)Nc1ccc(N2CCOCC2)cc1. The minimum absolute atomic E-state index is 0.317. The molecule has 1 aliphatic heterocycles. The summed E-state index contributed by atoms with van der Waals surface area (Å²) in [5.41, 5.74) is 2.07. The fraction of sp³-hybridized carbons (Fsp3) is 0.294. The summed E-state index contributed by atoms with van der Waals surface area (Å²) in [6.45, 7) is 2.85. The zero-order valence-electron chi connectivity index (χ0n) is 13.2. The second kappa shape index (κ2) is 7.65. The molecule has 1 aromatic carbocycles. The van der Waals surface area contributed by atoms with Gasteiger partial charge >= 0.3 is 5.97 Å². The molecule has 0 atom stereocenters. The molecule has 0 unspecified atom stereocenters. The van der Waals surface area contributed by atoms with Gasteiger partial charge in [0.05, 0.1) is 13.2 Å². The third kappa shape index (κ3) is 4.14. The Bertz CT molecular complexity index is 676. The maximum Gasteiger partial charge on any atom is 0.355 e. The topological polar surface area (TPSA) is 83.7 Å². The van der Waals surface area contributed by atoms with Crippen LogP contribution in [0, 0.1) is 0 Å². The molecular formula is C17H19N3O4. The molecular weight excluding hydrogens is 310 g/mol. The van der Waals surface area contributed by atoms with E-state index in [-0.39, 0.29) is 12.5 Å². The van der Waals surface area contributed by atoms with Crippen molar-refractivity contribution in [2.45, 2.75) is 0 Å². The number of hydrogen-bond donors (Lipinski definition) is 2. The predicted octanol–water partition coefficient (Wildman–Crippen LogP) is 1.65. The Morgan fingerprint density at radius 3 is 2.58 bits per heavy atom. The molecule has 1 saturated heterocycles. The molecule has 7 heteroatoms. The molecule has 1 aliphatic rings. The highest BCUT2D eigenvalue weighted by molar-refractivity contribution is 5.94. The van der Waals surface area contributed by atoms with Gasteiger partial charge in [0.15, 0.2) is 6.61 Å². The first-order valence-corrected chi connectivity index (χ1v) is 7.75. The molecule has 7 nitrogen and oxygen atoms in total. The van der Waals surface area contributed by atoms with Gasteiger partial charge in [-0.2, -0.15) is 0 Å². The monoisotopic (exact) mass is 329 g/mol. The maximum absolute atomic E-state index is 11.8. The Labute approximate surface area is 139 Å². The fourth-order valence-corrected chi connectivity index (χ4v) is 2.44. The minimum Gasteiger partial charge on any atom is -0.451 e. The van der Waals surface area contributed by atoms with Gasteiger partial charge in [-0.3, -0.25) is 4.79 Å². The number of carbonyl (C=O) groups is 2. The van der Waals surface area contributed by atoms with E-state index in [9.17, 15) is 9.59 Å². The molecule has 0 bridgehead atoms. The Balaban J connectivity index is 1.48. The van der Waals surface area contributed by atoms with Gasteiger partial charge < -0.3 is 24.7 Å². The number of aromatic nitrogens is 1. The summed E-state index contributed by atoms with van der Waals surface area (Å²) in [6.07, 6.45) is 1.62. The van der Waals surface area contributed by atoms with Crippen molar-refractivity contribution >= 4 is 23.3 Å². The first kappa shape index (κ1) is 16.1. The van der Waals surface area contributed by atoms with Crippen LogP contribution in [0.2, 0.25) is 0 Å². The lowest BCUT2D eigenvalue weighted by Crippen LogP contribution is -2.36. The van der Waals surface area contributed by atoms with Crippen LogP contribution in [0.4, 0.5) is 11.4 Å². The summed E-state index contributed by atoms with van der Waals surface area (Å²) in [4.78, 5) is 28.4. The molecule has 1 fully saturated rings. The summed E-state index contributed by atoms with van der Waals surface area (Å²) in [6, 6.07) is 10.8. The fourth-order valence-electron chi connectivity index (χ4n) is 2.44. The van der Waals surface area contributed by atoms with Gasteiger partial charge in [-0.25, -0.2) is 4.79 Å². The molecule has 1 amide bonds. The molecule has 3 rings (SSSR count). The van der Waals surface area contributed by atoms with Gasteiger partial charge in [0, 0.05) is 30.7 Å². The average molecular weight is 329 g/mol. The summed E-state index contributed by atoms with van der Waals surface area (Å²) in [5.74, 6) is -0.938. The van der Waals surface area contributed by atoms with Gasteiger partial charge in [0.25, 0.3) is 5.91 Å². The molecule has 2 aromatic rings. The largest absolute Gasteiger partial charge is 0.451 e. The summed E-state index contributed by atoms with van der Waals surface area (Å²) in [5, 5.41) is 2.70. The van der Waals surface area contributed by atoms with Gasteiger partial charge in [0.2, 0.25) is 0 Å². The number of morpholine rings is 1. The summed E-state index contributed by atoms with van der Waals surface area (Å²) in [7, 11) is 0. The van der Waals surface area contributed by atoms with Crippen LogP contribution >= 0.6 is 0 Å². The Morgan fingerprint density at radius 2 is 1.92 bits per heavy atom. The van der Waals surface area contributed by atoms with Gasteiger partial charge in [-0.05, 0) is 36.4 Å². The van der Waals surface area contributed by atoms with Crippen LogP contribution in [-0.4, -0.2) is 49.8 Å². The quantitative estimate of drug-likeness (QED) is 0.815. The number of H-pyrrole nitrogens is 1. The van der Waals surface area contributed by atoms with Crippen molar-refractivity contribution in [3.05, 3.63) is 48.3 Å². The molecule has 1 aromatic heterocycles. The van der Waals surface area contributed by atoms with Crippen LogP contribution in [0.3, 0.4) is 0 Å². The Morgan fingerprint density at radius 1 is 1.17 bits per heavy atom. The van der Waals surface area contributed by atoms with E-state index in [1.54, 1.807) is 18.3 Å². The van der Waals surface area contributed by atoms with Crippen LogP contribution in [0.25, 0.3) is 0 Å². The van der Waals surface area contributed by atoms with Gasteiger partial charge in [-0.1, -0.05) is 0 Å². The van der Waals surface area contributed by atoms with Crippen molar-refractivity contribution in [2.75, 3.05) is 43.1 Å². The smallest absolute Gasteiger partial charge is 0.355 e. The standard InChI is InChI=1S/C17H19N3O4/c21-16(12-24-17(22)15-2-1-7-18-15)19-13-3-5-14(6-4-13)20-8-10-23-11-9-20/h1-7,18H,8-12H2,(H,19,21). The average Bonchev–Trinajstić information content (AvgIpc) is 3.16. The third-order valence-corrected chi connectivity index (χ3v) is 3.68. The number of hydrogen-bond acceptors (Lipinski definition) is 5. The lowest BCUT2D eigenvalue weighted by Gasteiger charge is -2.28. The Hall–Kier alpha value is -2.80. The van der Waals surface area contributed by atoms with Crippen molar-refractivity contribution in [3.8, 4) is 0 Å². The van der Waals surface area contributed by atoms with Crippen LogP contribution in [0.5, 0.6) is 0 Å². The molecule has 0 saturated carbocycles. The number of nitrogens with one attached hydrogen (secondary N) is 2. The number of aromatic amines is 1. The summed E-state index contributed by atoms with van der Waals surface area (Å²) >= 11 is 0. The van der Waals surface area contributed by atoms with E-state index in [2.05, 4.69) is 15.2 Å². The first-order valence-electron chi connectivity index (χ1n) is 7.75. The van der Waals surface area contributed by atoms with E-state index in [0.29, 0.717) is 11.4 Å². The number of rotatable bonds is 5. The number of esters is 1. The maximum atomic E-state index is 11.8. The Kier molecular flexibility index (Phi) is 5.12. The molecule has 24 heavy (non-hydrogen) atoms. The van der Waals surface area contributed by atoms with E-state index >= 15 is 0 Å². The van der Waals surface area contributed by atoms with Crippen molar-refractivity contribution < 1.29 is 19.1 Å². The van der Waals surface area contributed by atoms with Gasteiger partial charge in [0.1, 0.15) is 5.69 Å². The zero-order chi connectivity index (χ0) is 16.8. The number of nitrogens with zero attached hydrogens (tertiary/aromatic N) is 1. The normalized spacial score (nSPS) is 14.2. The molecule has 0 radical (unpaired) electrons. The van der Waals surface area contributed by atoms with Crippen LogP contribution in [0.1, 0.15) is 10.5 Å². The van der Waals surface area contributed by atoms with Crippen molar-refractivity contribution in [2.24, 2.45) is 0 Å². The molecule has 0 spiro atoms. The van der Waals surface area contributed by atoms with Crippen LogP contribution in [0.15, 0.2) is 42.6 Å². The number of carbonyl (C=O) groups excluding carboxylic acids is 2. The number of benzene rings is 1. The third-order valence-electron chi connectivity index (χ3n) is 3.68. The highest BCUT2D eigenvalue weighted by Crippen LogP contribution is 2.19. The van der Waals surface area contributed by atoms with E-state index in [1.807, 2.05) is 24.3 Å². The number of amides is 1. The molecule has 126 valence electrons. The lowest BCUT2D eigenvalue weighted by molar-refractivity contribution is -0.119. The van der Waals surface area contributed by atoms with Gasteiger partial charge in [-0.15, -0.1) is 0 Å². The second-order valence-corrected chi connectivity index (χ2v) is 5.35. The number of ether oxygens (including phenoxy) is 2. The first-order chi connectivity index (χ1) is 11.7. The van der Waals surface area contributed by atoms with Crippen LogP contribution < -0.4 is 10.2 Å². The van der Waals surface area contributed by atoms with Crippen LogP contribution in [-0.2, 0) is 14.3 Å².